The molecule has 0 spiro atoms. The van der Waals surface area contributed by atoms with Crippen LogP contribution < -0.4 is 10.2 Å². The fraction of sp³-hybridized carbons (Fsp3) is 0.323. The van der Waals surface area contributed by atoms with E-state index in [1.165, 1.54) is 16.9 Å². The number of ether oxygens (including phenoxy) is 1. The Morgan fingerprint density at radius 3 is 2.35 bits per heavy atom. The van der Waals surface area contributed by atoms with Gasteiger partial charge in [-0.3, -0.25) is 4.79 Å². The van der Waals surface area contributed by atoms with Crippen LogP contribution in [-0.2, 0) is 10.9 Å². The number of anilines is 2. The molecule has 12 heteroatoms. The Labute approximate surface area is 245 Å². The summed E-state index contributed by atoms with van der Waals surface area (Å²) in [5, 5.41) is 7.06. The molecule has 43 heavy (non-hydrogen) atoms. The minimum Gasteiger partial charge on any atom is -0.459 e. The fourth-order valence-corrected chi connectivity index (χ4v) is 5.22. The van der Waals surface area contributed by atoms with Gasteiger partial charge >= 0.3 is 12.1 Å². The number of amides is 1. The number of carbonyl (C=O) groups is 2. The van der Waals surface area contributed by atoms with Gasteiger partial charge in [0.05, 0.1) is 40.5 Å². The third-order valence-electron chi connectivity index (χ3n) is 7.74. The maximum Gasteiger partial charge on any atom is 0.417 e. The predicted molar refractivity (Wildman–Crippen MR) is 152 cm³/mol. The first-order chi connectivity index (χ1) is 20.7. The molecule has 1 aliphatic carbocycles. The van der Waals surface area contributed by atoms with E-state index >= 15 is 0 Å². The number of nitrogens with zero attached hydrogens (tertiary/aromatic N) is 5. The highest BCUT2D eigenvalue weighted by Crippen LogP contribution is 2.45. The van der Waals surface area contributed by atoms with Crippen molar-refractivity contribution in [2.75, 3.05) is 23.3 Å². The van der Waals surface area contributed by atoms with Crippen molar-refractivity contribution in [2.24, 2.45) is 0 Å². The zero-order valence-electron chi connectivity index (χ0n) is 23.3. The van der Waals surface area contributed by atoms with Crippen LogP contribution in [0.25, 0.3) is 5.82 Å². The number of esters is 1. The lowest BCUT2D eigenvalue weighted by molar-refractivity contribution is -0.137. The molecule has 1 amide bonds. The van der Waals surface area contributed by atoms with Crippen molar-refractivity contribution in [3.8, 4) is 5.82 Å². The van der Waals surface area contributed by atoms with Crippen LogP contribution in [0.15, 0.2) is 67.1 Å². The molecule has 1 N–H and O–H groups in total. The van der Waals surface area contributed by atoms with Gasteiger partial charge in [0.25, 0.3) is 5.91 Å². The number of halogens is 3. The molecule has 9 nitrogen and oxygen atoms in total. The smallest absolute Gasteiger partial charge is 0.417 e. The highest BCUT2D eigenvalue weighted by Gasteiger charge is 2.32. The number of pyridine rings is 2. The van der Waals surface area contributed by atoms with Crippen LogP contribution >= 0.6 is 0 Å². The molecule has 0 bridgehead atoms. The fourth-order valence-electron chi connectivity index (χ4n) is 5.22. The van der Waals surface area contributed by atoms with Crippen molar-refractivity contribution in [3.63, 3.8) is 0 Å². The first kappa shape index (κ1) is 28.4. The third kappa shape index (κ3) is 6.23. The van der Waals surface area contributed by atoms with E-state index in [-0.39, 0.29) is 23.5 Å². The van der Waals surface area contributed by atoms with Crippen molar-refractivity contribution in [1.82, 2.24) is 19.7 Å². The van der Waals surface area contributed by atoms with Gasteiger partial charge in [0.1, 0.15) is 11.9 Å². The summed E-state index contributed by atoms with van der Waals surface area (Å²) in [6.45, 7) is 3.04. The topological polar surface area (TPSA) is 102 Å². The lowest BCUT2D eigenvalue weighted by atomic mass is 10.0. The van der Waals surface area contributed by atoms with E-state index < -0.39 is 17.6 Å². The van der Waals surface area contributed by atoms with Crippen molar-refractivity contribution in [1.29, 1.82) is 0 Å². The lowest BCUT2D eigenvalue weighted by Gasteiger charge is -2.33. The van der Waals surface area contributed by atoms with Crippen molar-refractivity contribution in [3.05, 3.63) is 95.1 Å². The molecule has 0 unspecified atom stereocenters. The standard InChI is InChI=1S/C31H29F3N6O3/c1-19-26(18-37-40(19)27-10-9-22(16-35-27)31(32,33)34)29(41)38-23-15-25(20-7-8-20)28(36-17-23)39-13-11-24(12-14-39)43-30(42)21-5-3-2-4-6-21/h2-6,9-10,15-18,20,24H,7-8,11-14H2,1H3,(H,38,41). The minimum absolute atomic E-state index is 0.158. The summed E-state index contributed by atoms with van der Waals surface area (Å²) in [5.74, 6) is 0.694. The molecule has 1 saturated heterocycles. The average molecular weight is 591 g/mol. The quantitative estimate of drug-likeness (QED) is 0.266. The molecule has 1 saturated carbocycles. The van der Waals surface area contributed by atoms with Gasteiger partial charge in [0.2, 0.25) is 0 Å². The number of carbonyl (C=O) groups excluding carboxylic acids is 2. The molecule has 2 fully saturated rings. The summed E-state index contributed by atoms with van der Waals surface area (Å²) >= 11 is 0. The molecular formula is C31H29F3N6O3. The number of hydrogen-bond acceptors (Lipinski definition) is 7. The SMILES string of the molecule is Cc1c(C(=O)Nc2cnc(N3CCC(OC(=O)c4ccccc4)CC3)c(C3CC3)c2)cnn1-c1ccc(C(F)(F)F)cn1. The van der Waals surface area contributed by atoms with Crippen LogP contribution in [0.1, 0.15) is 69.1 Å². The third-order valence-corrected chi connectivity index (χ3v) is 7.74. The van der Waals surface area contributed by atoms with Gasteiger partial charge in [-0.2, -0.15) is 18.3 Å². The Morgan fingerprint density at radius 1 is 0.953 bits per heavy atom. The molecule has 0 radical (unpaired) electrons. The van der Waals surface area contributed by atoms with E-state index in [0.29, 0.717) is 48.8 Å². The van der Waals surface area contributed by atoms with Gasteiger partial charge in [0.15, 0.2) is 5.82 Å². The van der Waals surface area contributed by atoms with Crippen LogP contribution in [0.3, 0.4) is 0 Å². The summed E-state index contributed by atoms with van der Waals surface area (Å²) in [7, 11) is 0. The molecule has 0 atom stereocenters. The predicted octanol–water partition coefficient (Wildman–Crippen LogP) is 5.95. The molecule has 1 aromatic carbocycles. The van der Waals surface area contributed by atoms with Crippen LogP contribution in [0, 0.1) is 6.92 Å². The van der Waals surface area contributed by atoms with E-state index in [4.69, 9.17) is 9.72 Å². The lowest BCUT2D eigenvalue weighted by Crippen LogP contribution is -2.38. The molecule has 6 rings (SSSR count). The van der Waals surface area contributed by atoms with Gasteiger partial charge in [-0.15, -0.1) is 0 Å². The minimum atomic E-state index is -4.49. The number of nitrogens with one attached hydrogen (secondary N) is 1. The largest absolute Gasteiger partial charge is 0.459 e. The van der Waals surface area contributed by atoms with Crippen LogP contribution in [0.4, 0.5) is 24.7 Å². The van der Waals surface area contributed by atoms with Crippen LogP contribution in [0.2, 0.25) is 0 Å². The van der Waals surface area contributed by atoms with E-state index in [1.54, 1.807) is 25.3 Å². The van der Waals surface area contributed by atoms with Gasteiger partial charge in [-0.25, -0.2) is 19.4 Å². The average Bonchev–Trinajstić information content (AvgIpc) is 3.78. The monoisotopic (exact) mass is 590 g/mol. The van der Waals surface area contributed by atoms with E-state index in [2.05, 4.69) is 20.3 Å². The van der Waals surface area contributed by atoms with Gasteiger partial charge in [-0.05, 0) is 61.6 Å². The van der Waals surface area contributed by atoms with E-state index in [0.717, 1.165) is 36.5 Å². The number of aromatic nitrogens is 4. The van der Waals surface area contributed by atoms with Crippen molar-refractivity contribution in [2.45, 2.75) is 50.8 Å². The first-order valence-electron chi connectivity index (χ1n) is 14.1. The molecular weight excluding hydrogens is 561 g/mol. The van der Waals surface area contributed by atoms with E-state index in [9.17, 15) is 22.8 Å². The summed E-state index contributed by atoms with van der Waals surface area (Å²) in [6, 6.07) is 13.1. The Hall–Kier alpha value is -4.74. The summed E-state index contributed by atoms with van der Waals surface area (Å²) in [6.07, 6.45) is 2.55. The van der Waals surface area contributed by atoms with Gasteiger partial charge < -0.3 is 15.0 Å². The van der Waals surface area contributed by atoms with Gasteiger partial charge in [-0.1, -0.05) is 18.2 Å². The molecule has 4 heterocycles. The maximum atomic E-state index is 13.2. The number of hydrogen-bond donors (Lipinski definition) is 1. The summed E-state index contributed by atoms with van der Waals surface area (Å²) < 4.78 is 45.8. The number of piperidine rings is 1. The Balaban J connectivity index is 1.11. The summed E-state index contributed by atoms with van der Waals surface area (Å²) in [4.78, 5) is 36.4. The van der Waals surface area contributed by atoms with E-state index in [1.807, 2.05) is 24.3 Å². The Kier molecular flexibility index (Phi) is 7.59. The highest BCUT2D eigenvalue weighted by molar-refractivity contribution is 6.05. The van der Waals surface area contributed by atoms with Crippen LogP contribution in [-0.4, -0.2) is 50.8 Å². The second-order valence-electron chi connectivity index (χ2n) is 10.8. The molecule has 2 aliphatic rings. The number of alkyl halides is 3. The van der Waals surface area contributed by atoms with Crippen molar-refractivity contribution >= 4 is 23.4 Å². The van der Waals surface area contributed by atoms with Crippen LogP contribution in [0.5, 0.6) is 0 Å². The normalized spacial score (nSPS) is 15.8. The molecule has 1 aliphatic heterocycles. The Morgan fingerprint density at radius 2 is 1.70 bits per heavy atom. The summed E-state index contributed by atoms with van der Waals surface area (Å²) in [5.41, 5.74) is 2.00. The zero-order chi connectivity index (χ0) is 30.1. The molecule has 4 aromatic rings. The zero-order valence-corrected chi connectivity index (χ0v) is 23.3. The Bertz CT molecular complexity index is 1630. The number of rotatable bonds is 7. The van der Waals surface area contributed by atoms with Gasteiger partial charge in [0, 0.05) is 32.1 Å². The second kappa shape index (κ2) is 11.5. The maximum absolute atomic E-state index is 13.2. The molecule has 222 valence electrons. The van der Waals surface area contributed by atoms with Crippen molar-refractivity contribution < 1.29 is 27.5 Å². The highest BCUT2D eigenvalue weighted by atomic mass is 19.4. The first-order valence-corrected chi connectivity index (χ1v) is 14.1. The second-order valence-corrected chi connectivity index (χ2v) is 10.8. The number of benzene rings is 1. The molecule has 3 aromatic heterocycles.